The Kier molecular flexibility index (Phi) is 5.32. The lowest BCUT2D eigenvalue weighted by molar-refractivity contribution is 0.201. The van der Waals surface area contributed by atoms with Gasteiger partial charge in [0, 0.05) is 6.42 Å². The van der Waals surface area contributed by atoms with Gasteiger partial charge < -0.3 is 4.74 Å². The molecule has 0 aromatic heterocycles. The SMILES string of the molecule is O=S(=O)(O)OCCOc1ccccc1Cc1ccccc1. The Balaban J connectivity index is 1.97. The summed E-state index contributed by atoms with van der Waals surface area (Å²) < 4.78 is 39.0. The molecule has 1 N–H and O–H groups in total. The van der Waals surface area contributed by atoms with Gasteiger partial charge in [-0.2, -0.15) is 8.42 Å². The van der Waals surface area contributed by atoms with Crippen molar-refractivity contribution in [1.29, 1.82) is 0 Å². The molecular formula is C15H16O5S. The molecule has 112 valence electrons. The van der Waals surface area contributed by atoms with Crippen LogP contribution in [0.3, 0.4) is 0 Å². The van der Waals surface area contributed by atoms with Crippen LogP contribution in [0.4, 0.5) is 0 Å². The number of rotatable bonds is 7. The molecule has 0 aliphatic carbocycles. The van der Waals surface area contributed by atoms with Gasteiger partial charge in [-0.3, -0.25) is 4.55 Å². The third-order valence-electron chi connectivity index (χ3n) is 2.78. The largest absolute Gasteiger partial charge is 0.491 e. The second-order valence-electron chi connectivity index (χ2n) is 4.37. The molecule has 0 fully saturated rings. The highest BCUT2D eigenvalue weighted by molar-refractivity contribution is 7.80. The Morgan fingerprint density at radius 1 is 0.905 bits per heavy atom. The van der Waals surface area contributed by atoms with Crippen molar-refractivity contribution in [3.8, 4) is 5.75 Å². The standard InChI is InChI=1S/C15H16O5S/c16-21(17,18)20-11-10-19-15-9-5-4-8-14(15)12-13-6-2-1-3-7-13/h1-9H,10-12H2,(H,16,17,18). The molecular weight excluding hydrogens is 292 g/mol. The Morgan fingerprint density at radius 2 is 1.57 bits per heavy atom. The minimum atomic E-state index is -4.42. The van der Waals surface area contributed by atoms with Crippen LogP contribution in [0.2, 0.25) is 0 Å². The monoisotopic (exact) mass is 308 g/mol. The molecule has 0 amide bonds. The highest BCUT2D eigenvalue weighted by atomic mass is 32.3. The molecule has 0 atom stereocenters. The first-order valence-electron chi connectivity index (χ1n) is 6.41. The summed E-state index contributed by atoms with van der Waals surface area (Å²) in [7, 11) is -4.42. The molecule has 6 heteroatoms. The van der Waals surface area contributed by atoms with Crippen molar-refractivity contribution in [1.82, 2.24) is 0 Å². The molecule has 0 heterocycles. The van der Waals surface area contributed by atoms with Crippen LogP contribution in [-0.4, -0.2) is 26.2 Å². The van der Waals surface area contributed by atoms with Crippen molar-refractivity contribution >= 4 is 10.4 Å². The molecule has 0 saturated heterocycles. The highest BCUT2D eigenvalue weighted by Gasteiger charge is 2.06. The molecule has 0 bridgehead atoms. The maximum Gasteiger partial charge on any atom is 0.397 e. The molecule has 0 aliphatic rings. The van der Waals surface area contributed by atoms with Crippen LogP contribution in [-0.2, 0) is 21.0 Å². The van der Waals surface area contributed by atoms with Crippen LogP contribution >= 0.6 is 0 Å². The van der Waals surface area contributed by atoms with E-state index in [2.05, 4.69) is 4.18 Å². The molecule has 2 aromatic carbocycles. The molecule has 5 nitrogen and oxygen atoms in total. The van der Waals surface area contributed by atoms with Crippen LogP contribution in [0.25, 0.3) is 0 Å². The van der Waals surface area contributed by atoms with Crippen molar-refractivity contribution in [3.05, 3.63) is 65.7 Å². The van der Waals surface area contributed by atoms with Gasteiger partial charge in [0.1, 0.15) is 19.0 Å². The lowest BCUT2D eigenvalue weighted by atomic mass is 10.0. The summed E-state index contributed by atoms with van der Waals surface area (Å²) in [5.74, 6) is 0.667. The van der Waals surface area contributed by atoms with E-state index in [1.807, 2.05) is 54.6 Å². The zero-order chi connectivity index (χ0) is 15.1. The van der Waals surface area contributed by atoms with Crippen LogP contribution in [0.5, 0.6) is 5.75 Å². The zero-order valence-corrected chi connectivity index (χ0v) is 12.1. The molecule has 0 radical (unpaired) electrons. The number of para-hydroxylation sites is 1. The average molecular weight is 308 g/mol. The maximum absolute atomic E-state index is 10.4. The summed E-state index contributed by atoms with van der Waals surface area (Å²) in [6, 6.07) is 17.5. The molecule has 0 saturated carbocycles. The fraction of sp³-hybridized carbons (Fsp3) is 0.200. The molecule has 2 aromatic rings. The van der Waals surface area contributed by atoms with Crippen molar-refractivity contribution in [2.24, 2.45) is 0 Å². The van der Waals surface area contributed by atoms with Gasteiger partial charge in [-0.25, -0.2) is 4.18 Å². The van der Waals surface area contributed by atoms with E-state index in [1.165, 1.54) is 0 Å². The second kappa shape index (κ2) is 7.21. The summed E-state index contributed by atoms with van der Waals surface area (Å²) in [5, 5.41) is 0. The zero-order valence-electron chi connectivity index (χ0n) is 11.3. The van der Waals surface area contributed by atoms with Crippen molar-refractivity contribution in [2.45, 2.75) is 6.42 Å². The summed E-state index contributed by atoms with van der Waals surface area (Å²) in [6.07, 6.45) is 0.718. The Morgan fingerprint density at radius 3 is 2.29 bits per heavy atom. The van der Waals surface area contributed by atoms with Crippen molar-refractivity contribution in [3.63, 3.8) is 0 Å². The molecule has 0 aliphatic heterocycles. The predicted octanol–water partition coefficient (Wildman–Crippen LogP) is 2.48. The van der Waals surface area contributed by atoms with Gasteiger partial charge in [-0.05, 0) is 17.2 Å². The van der Waals surface area contributed by atoms with Crippen LogP contribution in [0.15, 0.2) is 54.6 Å². The number of benzene rings is 2. The Hall–Kier alpha value is -1.89. The van der Waals surface area contributed by atoms with Gasteiger partial charge in [0.15, 0.2) is 0 Å². The maximum atomic E-state index is 10.4. The third kappa shape index (κ3) is 5.55. The summed E-state index contributed by atoms with van der Waals surface area (Å²) in [5.41, 5.74) is 2.15. The average Bonchev–Trinajstić information content (AvgIpc) is 2.45. The van der Waals surface area contributed by atoms with Gasteiger partial charge in [-0.1, -0.05) is 48.5 Å². The fourth-order valence-electron chi connectivity index (χ4n) is 1.90. The number of hydrogen-bond donors (Lipinski definition) is 1. The van der Waals surface area contributed by atoms with E-state index in [-0.39, 0.29) is 13.2 Å². The van der Waals surface area contributed by atoms with E-state index in [0.29, 0.717) is 5.75 Å². The summed E-state index contributed by atoms with van der Waals surface area (Å²) >= 11 is 0. The normalized spacial score (nSPS) is 11.3. The van der Waals surface area contributed by atoms with E-state index in [4.69, 9.17) is 9.29 Å². The summed E-state index contributed by atoms with van der Waals surface area (Å²) in [6.45, 7) is -0.204. The lowest BCUT2D eigenvalue weighted by Crippen LogP contribution is -2.12. The Labute approximate surface area is 124 Å². The molecule has 0 spiro atoms. The van der Waals surface area contributed by atoms with Gasteiger partial charge >= 0.3 is 10.4 Å². The molecule has 0 unspecified atom stereocenters. The van der Waals surface area contributed by atoms with Gasteiger partial charge in [0.05, 0.1) is 0 Å². The minimum Gasteiger partial charge on any atom is -0.491 e. The van der Waals surface area contributed by atoms with E-state index < -0.39 is 10.4 Å². The first-order valence-corrected chi connectivity index (χ1v) is 7.77. The lowest BCUT2D eigenvalue weighted by Gasteiger charge is -2.11. The third-order valence-corrected chi connectivity index (χ3v) is 3.25. The van der Waals surface area contributed by atoms with E-state index in [0.717, 1.165) is 17.5 Å². The Bertz CT molecular complexity index is 667. The smallest absolute Gasteiger partial charge is 0.397 e. The van der Waals surface area contributed by atoms with Crippen molar-refractivity contribution < 1.29 is 21.9 Å². The van der Waals surface area contributed by atoms with Crippen LogP contribution < -0.4 is 4.74 Å². The number of hydrogen-bond acceptors (Lipinski definition) is 4. The van der Waals surface area contributed by atoms with Crippen molar-refractivity contribution in [2.75, 3.05) is 13.2 Å². The van der Waals surface area contributed by atoms with E-state index in [1.54, 1.807) is 0 Å². The first kappa shape index (κ1) is 15.5. The molecule has 2 rings (SSSR count). The first-order chi connectivity index (χ1) is 10.0. The minimum absolute atomic E-state index is 0.0333. The quantitative estimate of drug-likeness (QED) is 0.628. The highest BCUT2D eigenvalue weighted by Crippen LogP contribution is 2.21. The van der Waals surface area contributed by atoms with Gasteiger partial charge in [0.2, 0.25) is 0 Å². The van der Waals surface area contributed by atoms with Crippen LogP contribution in [0.1, 0.15) is 11.1 Å². The second-order valence-corrected chi connectivity index (χ2v) is 5.46. The van der Waals surface area contributed by atoms with Crippen LogP contribution in [0, 0.1) is 0 Å². The predicted molar refractivity (Wildman–Crippen MR) is 78.7 cm³/mol. The number of ether oxygens (including phenoxy) is 1. The van der Waals surface area contributed by atoms with E-state index in [9.17, 15) is 8.42 Å². The molecule has 21 heavy (non-hydrogen) atoms. The van der Waals surface area contributed by atoms with Gasteiger partial charge in [-0.15, -0.1) is 0 Å². The fourth-order valence-corrected chi connectivity index (χ4v) is 2.18. The summed E-state index contributed by atoms with van der Waals surface area (Å²) in [4.78, 5) is 0. The van der Waals surface area contributed by atoms with E-state index >= 15 is 0 Å². The topological polar surface area (TPSA) is 72.8 Å². The van der Waals surface area contributed by atoms with Gasteiger partial charge in [0.25, 0.3) is 0 Å².